The van der Waals surface area contributed by atoms with Gasteiger partial charge in [-0.05, 0) is 34.1 Å². The second-order valence-corrected chi connectivity index (χ2v) is 4.72. The van der Waals surface area contributed by atoms with Crippen molar-refractivity contribution in [3.05, 3.63) is 28.2 Å². The number of benzene rings is 1. The van der Waals surface area contributed by atoms with Crippen molar-refractivity contribution in [1.82, 2.24) is 0 Å². The molecule has 86 valence electrons. The first-order chi connectivity index (χ1) is 7.61. The first-order valence-corrected chi connectivity index (χ1v) is 5.77. The van der Waals surface area contributed by atoms with Gasteiger partial charge in [-0.15, -0.1) is 0 Å². The summed E-state index contributed by atoms with van der Waals surface area (Å²) in [5.41, 5.74) is 1.47. The van der Waals surface area contributed by atoms with Crippen LogP contribution in [-0.2, 0) is 0 Å². The largest absolute Gasteiger partial charge is 0.389 e. The molecule has 0 radical (unpaired) electrons. The number of β-amino-alcohol motifs (C(OH)–C–C–N with tert-alkyl or cyclic N) is 2. The van der Waals surface area contributed by atoms with Gasteiger partial charge in [0, 0.05) is 23.1 Å². The highest BCUT2D eigenvalue weighted by Gasteiger charge is 2.30. The van der Waals surface area contributed by atoms with Crippen LogP contribution in [0.1, 0.15) is 10.4 Å². The first-order valence-electron chi connectivity index (χ1n) is 4.97. The van der Waals surface area contributed by atoms with Crippen LogP contribution >= 0.6 is 15.9 Å². The van der Waals surface area contributed by atoms with Crippen molar-refractivity contribution in [2.45, 2.75) is 12.2 Å². The fourth-order valence-corrected chi connectivity index (χ4v) is 2.47. The molecule has 0 amide bonds. The van der Waals surface area contributed by atoms with Crippen molar-refractivity contribution in [3.63, 3.8) is 0 Å². The predicted molar refractivity (Wildman–Crippen MR) is 63.8 cm³/mol. The Labute approximate surface area is 102 Å². The topological polar surface area (TPSA) is 60.8 Å². The Bertz CT molecular complexity index is 400. The summed E-state index contributed by atoms with van der Waals surface area (Å²) in [7, 11) is 0. The van der Waals surface area contributed by atoms with E-state index >= 15 is 0 Å². The lowest BCUT2D eigenvalue weighted by atomic mass is 10.2. The van der Waals surface area contributed by atoms with E-state index in [4.69, 9.17) is 0 Å². The molecule has 1 aliphatic rings. The highest BCUT2D eigenvalue weighted by atomic mass is 79.9. The Morgan fingerprint density at radius 3 is 2.44 bits per heavy atom. The maximum absolute atomic E-state index is 10.6. The van der Waals surface area contributed by atoms with Gasteiger partial charge >= 0.3 is 0 Å². The molecule has 16 heavy (non-hydrogen) atoms. The number of rotatable bonds is 2. The van der Waals surface area contributed by atoms with Crippen molar-refractivity contribution < 1.29 is 15.0 Å². The van der Waals surface area contributed by atoms with E-state index in [0.717, 1.165) is 16.4 Å². The maximum Gasteiger partial charge on any atom is 0.150 e. The number of aliphatic hydroxyl groups excluding tert-OH is 2. The SMILES string of the molecule is O=Cc1ccc(N2CC(O)C(O)C2)c(Br)c1. The number of aldehydes is 1. The van der Waals surface area contributed by atoms with Crippen molar-refractivity contribution >= 4 is 27.9 Å². The van der Waals surface area contributed by atoms with Gasteiger partial charge in [-0.1, -0.05) is 0 Å². The molecule has 0 bridgehead atoms. The number of halogens is 1. The van der Waals surface area contributed by atoms with Gasteiger partial charge in [0.1, 0.15) is 6.29 Å². The Balaban J connectivity index is 2.25. The molecule has 0 spiro atoms. The molecule has 1 aliphatic heterocycles. The number of anilines is 1. The second kappa shape index (κ2) is 4.53. The van der Waals surface area contributed by atoms with Gasteiger partial charge in [0.15, 0.2) is 0 Å². The van der Waals surface area contributed by atoms with Crippen LogP contribution < -0.4 is 4.90 Å². The molecule has 1 aromatic rings. The van der Waals surface area contributed by atoms with Crippen molar-refractivity contribution in [3.8, 4) is 0 Å². The molecule has 1 aromatic carbocycles. The Morgan fingerprint density at radius 2 is 1.94 bits per heavy atom. The minimum atomic E-state index is -0.711. The van der Waals surface area contributed by atoms with Crippen LogP contribution in [0.25, 0.3) is 0 Å². The lowest BCUT2D eigenvalue weighted by Crippen LogP contribution is -2.22. The van der Waals surface area contributed by atoms with Gasteiger partial charge in [0.05, 0.1) is 17.9 Å². The molecule has 2 rings (SSSR count). The van der Waals surface area contributed by atoms with E-state index in [1.165, 1.54) is 0 Å². The third-order valence-corrected chi connectivity index (χ3v) is 3.34. The summed E-state index contributed by atoms with van der Waals surface area (Å²) in [5.74, 6) is 0. The maximum atomic E-state index is 10.6. The van der Waals surface area contributed by atoms with Crippen molar-refractivity contribution in [2.24, 2.45) is 0 Å². The van der Waals surface area contributed by atoms with E-state index in [-0.39, 0.29) is 0 Å². The zero-order chi connectivity index (χ0) is 11.7. The van der Waals surface area contributed by atoms with Crippen LogP contribution in [0.15, 0.2) is 22.7 Å². The van der Waals surface area contributed by atoms with E-state index < -0.39 is 12.2 Å². The number of hydrogen-bond donors (Lipinski definition) is 2. The van der Waals surface area contributed by atoms with Crippen LogP contribution in [0.5, 0.6) is 0 Å². The molecule has 2 unspecified atom stereocenters. The molecule has 1 fully saturated rings. The van der Waals surface area contributed by atoms with Gasteiger partial charge in [-0.25, -0.2) is 0 Å². The minimum absolute atomic E-state index is 0.403. The van der Waals surface area contributed by atoms with Crippen LogP contribution in [-0.4, -0.2) is 41.8 Å². The van der Waals surface area contributed by atoms with Gasteiger partial charge < -0.3 is 15.1 Å². The Kier molecular flexibility index (Phi) is 3.28. The van der Waals surface area contributed by atoms with E-state index in [9.17, 15) is 15.0 Å². The monoisotopic (exact) mass is 285 g/mol. The minimum Gasteiger partial charge on any atom is -0.389 e. The van der Waals surface area contributed by atoms with Crippen LogP contribution in [0.3, 0.4) is 0 Å². The predicted octanol–water partition coefficient (Wildman–Crippen LogP) is 0.803. The van der Waals surface area contributed by atoms with Gasteiger partial charge in [0.25, 0.3) is 0 Å². The number of carbonyl (C=O) groups is 1. The third kappa shape index (κ3) is 2.11. The van der Waals surface area contributed by atoms with Crippen molar-refractivity contribution in [2.75, 3.05) is 18.0 Å². The fraction of sp³-hybridized carbons (Fsp3) is 0.364. The molecule has 0 aromatic heterocycles. The zero-order valence-corrected chi connectivity index (χ0v) is 10.1. The summed E-state index contributed by atoms with van der Waals surface area (Å²) in [5, 5.41) is 18.9. The number of nitrogens with zero attached hydrogens (tertiary/aromatic N) is 1. The summed E-state index contributed by atoms with van der Waals surface area (Å²) in [6.45, 7) is 0.806. The molecule has 0 saturated carbocycles. The zero-order valence-electron chi connectivity index (χ0n) is 8.51. The number of aliphatic hydroxyl groups is 2. The van der Waals surface area contributed by atoms with Gasteiger partial charge in [-0.2, -0.15) is 0 Å². The summed E-state index contributed by atoms with van der Waals surface area (Å²) in [6.07, 6.45) is -0.641. The Hall–Kier alpha value is -0.910. The van der Waals surface area contributed by atoms with Gasteiger partial charge in [-0.3, -0.25) is 4.79 Å². The summed E-state index contributed by atoms with van der Waals surface area (Å²) < 4.78 is 0.790. The van der Waals surface area contributed by atoms with Crippen LogP contribution in [0.4, 0.5) is 5.69 Å². The van der Waals surface area contributed by atoms with Crippen molar-refractivity contribution in [1.29, 1.82) is 0 Å². The molecule has 2 N–H and O–H groups in total. The molecule has 1 saturated heterocycles. The highest BCUT2D eigenvalue weighted by molar-refractivity contribution is 9.10. The van der Waals surface area contributed by atoms with E-state index in [1.54, 1.807) is 18.2 Å². The molecule has 4 nitrogen and oxygen atoms in total. The normalized spacial score (nSPS) is 24.8. The second-order valence-electron chi connectivity index (χ2n) is 3.87. The summed E-state index contributed by atoms with van der Waals surface area (Å²) in [4.78, 5) is 12.5. The third-order valence-electron chi connectivity index (χ3n) is 2.71. The fourth-order valence-electron chi connectivity index (χ4n) is 1.82. The molecule has 1 heterocycles. The highest BCUT2D eigenvalue weighted by Crippen LogP contribution is 2.29. The average molecular weight is 286 g/mol. The van der Waals surface area contributed by atoms with E-state index in [0.29, 0.717) is 18.7 Å². The Morgan fingerprint density at radius 1 is 1.31 bits per heavy atom. The first kappa shape index (κ1) is 11.6. The summed E-state index contributed by atoms with van der Waals surface area (Å²) >= 11 is 3.37. The van der Waals surface area contributed by atoms with E-state index in [1.807, 2.05) is 4.90 Å². The standard InChI is InChI=1S/C11H12BrNO3/c12-8-3-7(6-14)1-2-9(8)13-4-10(15)11(16)5-13/h1-3,6,10-11,15-16H,4-5H2. The quantitative estimate of drug-likeness (QED) is 0.790. The summed E-state index contributed by atoms with van der Waals surface area (Å²) in [6, 6.07) is 5.24. The number of carbonyl (C=O) groups excluding carboxylic acids is 1. The molecule has 5 heteroatoms. The molecular weight excluding hydrogens is 274 g/mol. The molecular formula is C11H12BrNO3. The lowest BCUT2D eigenvalue weighted by Gasteiger charge is -2.19. The van der Waals surface area contributed by atoms with Crippen LogP contribution in [0, 0.1) is 0 Å². The van der Waals surface area contributed by atoms with Crippen LogP contribution in [0.2, 0.25) is 0 Å². The van der Waals surface area contributed by atoms with E-state index in [2.05, 4.69) is 15.9 Å². The average Bonchev–Trinajstić information content (AvgIpc) is 2.58. The molecule has 0 aliphatic carbocycles. The smallest absolute Gasteiger partial charge is 0.150 e. The number of hydrogen-bond acceptors (Lipinski definition) is 4. The molecule has 2 atom stereocenters. The lowest BCUT2D eigenvalue weighted by molar-refractivity contribution is 0.0572. The van der Waals surface area contributed by atoms with Gasteiger partial charge in [0.2, 0.25) is 0 Å².